The summed E-state index contributed by atoms with van der Waals surface area (Å²) in [5.41, 5.74) is 0.969. The Hall–Kier alpha value is -1.78. The van der Waals surface area contributed by atoms with Gasteiger partial charge >= 0.3 is 0 Å². The summed E-state index contributed by atoms with van der Waals surface area (Å²) in [4.78, 5) is 15.1. The summed E-state index contributed by atoms with van der Waals surface area (Å²) in [6.07, 6.45) is 3.14. The zero-order chi connectivity index (χ0) is 17.3. The van der Waals surface area contributed by atoms with E-state index in [1.54, 1.807) is 0 Å². The average molecular weight is 368 g/mol. The smallest absolute Gasteiger partial charge is 0.249 e. The molecule has 2 aromatic heterocycles. The van der Waals surface area contributed by atoms with E-state index in [0.29, 0.717) is 5.13 Å². The van der Waals surface area contributed by atoms with Crippen molar-refractivity contribution < 1.29 is 8.42 Å². The number of hydrogen-bond acceptors (Lipinski definition) is 8. The second-order valence-electron chi connectivity index (χ2n) is 5.85. The molecule has 0 bridgehead atoms. The zero-order valence-corrected chi connectivity index (χ0v) is 15.2. The minimum Gasteiger partial charge on any atom is -0.359 e. The van der Waals surface area contributed by atoms with Gasteiger partial charge in [-0.2, -0.15) is 0 Å². The maximum absolute atomic E-state index is 11.3. The summed E-state index contributed by atoms with van der Waals surface area (Å²) >= 11 is 1.07. The molecule has 0 saturated carbocycles. The van der Waals surface area contributed by atoms with Crippen LogP contribution < -0.4 is 15.4 Å². The number of nitrogens with two attached hydrogens (primary N) is 1. The van der Waals surface area contributed by atoms with Gasteiger partial charge in [-0.1, -0.05) is 11.3 Å². The minimum atomic E-state index is -3.68. The highest BCUT2D eigenvalue weighted by atomic mass is 32.2. The summed E-state index contributed by atoms with van der Waals surface area (Å²) in [6.45, 7) is 5.62. The number of rotatable bonds is 4. The highest BCUT2D eigenvalue weighted by molar-refractivity contribution is 7.91. The summed E-state index contributed by atoms with van der Waals surface area (Å²) in [5.74, 6) is 1.74. The van der Waals surface area contributed by atoms with Crippen LogP contribution in [0.15, 0.2) is 16.5 Å². The van der Waals surface area contributed by atoms with Crippen LogP contribution in [0.4, 0.5) is 10.9 Å². The number of anilines is 2. The number of hydrogen-bond donors (Lipinski definition) is 2. The molecule has 1 aliphatic rings. The highest BCUT2D eigenvalue weighted by Gasteiger charge is 2.22. The molecule has 8 nitrogen and oxygen atoms in total. The van der Waals surface area contributed by atoms with Crippen molar-refractivity contribution in [3.63, 3.8) is 0 Å². The Kier molecular flexibility index (Phi) is 4.70. The van der Waals surface area contributed by atoms with E-state index in [2.05, 4.69) is 25.2 Å². The molecule has 1 aliphatic heterocycles. The van der Waals surface area contributed by atoms with Crippen LogP contribution in [0.25, 0.3) is 0 Å². The second-order valence-corrected chi connectivity index (χ2v) is 8.67. The monoisotopic (exact) mass is 368 g/mol. The van der Waals surface area contributed by atoms with E-state index in [9.17, 15) is 8.42 Å². The van der Waals surface area contributed by atoms with Crippen LogP contribution in [0.5, 0.6) is 0 Å². The van der Waals surface area contributed by atoms with Crippen molar-refractivity contribution in [2.24, 2.45) is 5.14 Å². The van der Waals surface area contributed by atoms with Crippen LogP contribution in [-0.2, 0) is 10.0 Å². The summed E-state index contributed by atoms with van der Waals surface area (Å²) in [5, 5.41) is 8.99. The van der Waals surface area contributed by atoms with Gasteiger partial charge in [0, 0.05) is 30.9 Å². The fourth-order valence-corrected chi connectivity index (χ4v) is 4.27. The third-order valence-electron chi connectivity index (χ3n) is 3.86. The van der Waals surface area contributed by atoms with Gasteiger partial charge in [0.15, 0.2) is 9.34 Å². The van der Waals surface area contributed by atoms with Gasteiger partial charge in [0.2, 0.25) is 10.0 Å². The molecular weight excluding hydrogens is 348 g/mol. The molecule has 0 radical (unpaired) electrons. The average Bonchev–Trinajstić information content (AvgIpc) is 2.96. The number of aromatic nitrogens is 3. The predicted octanol–water partition coefficient (Wildman–Crippen LogP) is 1.28. The van der Waals surface area contributed by atoms with Crippen LogP contribution in [0.2, 0.25) is 0 Å². The third kappa shape index (κ3) is 4.00. The molecule has 0 spiro atoms. The summed E-state index contributed by atoms with van der Waals surface area (Å²) in [7, 11) is -3.68. The first-order chi connectivity index (χ1) is 11.3. The van der Waals surface area contributed by atoms with E-state index in [0.717, 1.165) is 54.6 Å². The Morgan fingerprint density at radius 3 is 2.58 bits per heavy atom. The second kappa shape index (κ2) is 6.61. The molecule has 10 heteroatoms. The number of nitrogens with one attached hydrogen (secondary N) is 1. The topological polar surface area (TPSA) is 114 Å². The van der Waals surface area contributed by atoms with E-state index in [1.165, 1.54) is 6.20 Å². The van der Waals surface area contributed by atoms with Crippen LogP contribution >= 0.6 is 11.3 Å². The Balaban J connectivity index is 1.60. The highest BCUT2D eigenvalue weighted by Crippen LogP contribution is 2.25. The van der Waals surface area contributed by atoms with Crippen molar-refractivity contribution >= 4 is 32.3 Å². The van der Waals surface area contributed by atoms with Gasteiger partial charge in [-0.05, 0) is 26.7 Å². The lowest BCUT2D eigenvalue weighted by atomic mass is 10.1. The lowest BCUT2D eigenvalue weighted by molar-refractivity contribution is 0.522. The molecule has 1 saturated heterocycles. The first kappa shape index (κ1) is 17.1. The van der Waals surface area contributed by atoms with E-state index >= 15 is 0 Å². The minimum absolute atomic E-state index is 0.0781. The van der Waals surface area contributed by atoms with Gasteiger partial charge in [-0.3, -0.25) is 0 Å². The lowest BCUT2D eigenvalue weighted by Crippen LogP contribution is -2.39. The van der Waals surface area contributed by atoms with Crippen LogP contribution in [-0.4, -0.2) is 42.5 Å². The van der Waals surface area contributed by atoms with Crippen LogP contribution in [0.1, 0.15) is 24.4 Å². The molecule has 2 aromatic rings. The van der Waals surface area contributed by atoms with Crippen molar-refractivity contribution in [1.29, 1.82) is 0 Å². The van der Waals surface area contributed by atoms with Crippen molar-refractivity contribution in [1.82, 2.24) is 15.0 Å². The maximum Gasteiger partial charge on any atom is 0.249 e. The summed E-state index contributed by atoms with van der Waals surface area (Å²) in [6, 6.07) is 2.25. The molecule has 1 fully saturated rings. The normalized spacial score (nSPS) is 16.4. The van der Waals surface area contributed by atoms with Gasteiger partial charge in [0.1, 0.15) is 11.6 Å². The molecule has 3 rings (SSSR count). The predicted molar refractivity (Wildman–Crippen MR) is 93.9 cm³/mol. The largest absolute Gasteiger partial charge is 0.359 e. The van der Waals surface area contributed by atoms with E-state index in [1.807, 2.05) is 19.9 Å². The molecule has 0 atom stereocenters. The molecule has 3 heterocycles. The Labute approximate surface area is 145 Å². The van der Waals surface area contributed by atoms with Crippen molar-refractivity contribution in [3.8, 4) is 0 Å². The quantitative estimate of drug-likeness (QED) is 0.835. The van der Waals surface area contributed by atoms with Crippen LogP contribution in [0.3, 0.4) is 0 Å². The number of primary sulfonamides is 1. The Morgan fingerprint density at radius 1 is 1.29 bits per heavy atom. The Morgan fingerprint density at radius 2 is 2.00 bits per heavy atom. The van der Waals surface area contributed by atoms with Crippen molar-refractivity contribution in [3.05, 3.63) is 23.8 Å². The van der Waals surface area contributed by atoms with Crippen molar-refractivity contribution in [2.75, 3.05) is 23.3 Å². The molecule has 0 aromatic carbocycles. The van der Waals surface area contributed by atoms with Gasteiger partial charge in [0.05, 0.1) is 6.20 Å². The molecule has 3 N–H and O–H groups in total. The third-order valence-corrected chi connectivity index (χ3v) is 6.20. The Bertz CT molecular complexity index is 807. The number of sulfonamides is 1. The molecular formula is C14H20N6O2S2. The summed E-state index contributed by atoms with van der Waals surface area (Å²) < 4.78 is 22.7. The number of piperidine rings is 1. The van der Waals surface area contributed by atoms with E-state index < -0.39 is 10.0 Å². The van der Waals surface area contributed by atoms with E-state index in [4.69, 9.17) is 5.14 Å². The van der Waals surface area contributed by atoms with Gasteiger partial charge < -0.3 is 10.2 Å². The van der Waals surface area contributed by atoms with Gasteiger partial charge in [-0.15, -0.1) is 0 Å². The molecule has 0 amide bonds. The number of thiazole rings is 1. The molecule has 0 unspecified atom stereocenters. The van der Waals surface area contributed by atoms with Crippen LogP contribution in [0, 0.1) is 13.8 Å². The van der Waals surface area contributed by atoms with Gasteiger partial charge in [-0.25, -0.2) is 28.5 Å². The maximum atomic E-state index is 11.3. The van der Waals surface area contributed by atoms with Gasteiger partial charge in [0.25, 0.3) is 0 Å². The fourth-order valence-electron chi connectivity index (χ4n) is 2.74. The van der Waals surface area contributed by atoms with Crippen molar-refractivity contribution in [2.45, 2.75) is 36.9 Å². The fraction of sp³-hybridized carbons (Fsp3) is 0.500. The molecule has 130 valence electrons. The molecule has 0 aliphatic carbocycles. The SMILES string of the molecule is Cc1cc(N2CCC(Nc3ncc(S(N)(=O)=O)s3)CC2)nc(C)n1. The molecule has 24 heavy (non-hydrogen) atoms. The lowest BCUT2D eigenvalue weighted by Gasteiger charge is -2.33. The first-order valence-corrected chi connectivity index (χ1v) is 10.00. The number of nitrogens with zero attached hydrogens (tertiary/aromatic N) is 4. The number of aryl methyl sites for hydroxylation is 2. The first-order valence-electron chi connectivity index (χ1n) is 7.63. The standard InChI is InChI=1S/C14H20N6O2S2/c1-9-7-12(18-10(2)17-9)20-5-3-11(4-6-20)19-14-16-8-13(23-14)24(15,21)22/h7-8,11H,3-6H2,1-2H3,(H,16,19)(H2,15,21,22). The van der Waals surface area contributed by atoms with E-state index in [-0.39, 0.29) is 10.3 Å². The zero-order valence-electron chi connectivity index (χ0n) is 13.6.